The Labute approximate surface area is 130 Å². The molecule has 1 aromatic carbocycles. The lowest BCUT2D eigenvalue weighted by atomic mass is 10.2. The van der Waals surface area contributed by atoms with Gasteiger partial charge < -0.3 is 10.6 Å². The second kappa shape index (κ2) is 11.4. The van der Waals surface area contributed by atoms with Crippen LogP contribution >= 0.6 is 35.8 Å². The molecular formula is C13H20Cl2N2OS. The number of hydrogen-bond acceptors (Lipinski definition) is 3. The van der Waals surface area contributed by atoms with Crippen molar-refractivity contribution in [1.82, 2.24) is 10.6 Å². The fraction of sp³-hybridized carbons (Fsp3) is 0.462. The lowest BCUT2D eigenvalue weighted by Crippen LogP contribution is -2.28. The van der Waals surface area contributed by atoms with Gasteiger partial charge in [-0.1, -0.05) is 23.7 Å². The van der Waals surface area contributed by atoms with E-state index < -0.39 is 0 Å². The Hall–Kier alpha value is -0.420. The minimum atomic E-state index is 0. The number of halogens is 2. The van der Waals surface area contributed by atoms with Crippen LogP contribution in [0.3, 0.4) is 0 Å². The molecule has 0 saturated heterocycles. The van der Waals surface area contributed by atoms with E-state index in [-0.39, 0.29) is 18.3 Å². The third kappa shape index (κ3) is 9.16. The third-order valence-corrected chi connectivity index (χ3v) is 3.56. The topological polar surface area (TPSA) is 41.1 Å². The van der Waals surface area contributed by atoms with Crippen LogP contribution in [0.1, 0.15) is 12.0 Å². The van der Waals surface area contributed by atoms with E-state index in [1.165, 1.54) is 0 Å². The maximum absolute atomic E-state index is 11.5. The smallest absolute Gasteiger partial charge is 0.230 e. The van der Waals surface area contributed by atoms with Gasteiger partial charge >= 0.3 is 0 Å². The number of amides is 1. The van der Waals surface area contributed by atoms with Crippen molar-refractivity contribution in [3.63, 3.8) is 0 Å². The Morgan fingerprint density at radius 1 is 1.37 bits per heavy atom. The van der Waals surface area contributed by atoms with Crippen LogP contribution < -0.4 is 10.6 Å². The zero-order valence-electron chi connectivity index (χ0n) is 10.9. The number of benzene rings is 1. The molecule has 0 aliphatic rings. The molecule has 108 valence electrons. The average Bonchev–Trinajstić information content (AvgIpc) is 2.35. The van der Waals surface area contributed by atoms with Crippen molar-refractivity contribution in [1.29, 1.82) is 0 Å². The highest BCUT2D eigenvalue weighted by atomic mass is 35.5. The van der Waals surface area contributed by atoms with Crippen LogP contribution in [0.2, 0.25) is 5.02 Å². The summed E-state index contributed by atoms with van der Waals surface area (Å²) in [5.74, 6) is 1.40. The van der Waals surface area contributed by atoms with Crippen molar-refractivity contribution in [2.75, 3.05) is 25.9 Å². The fourth-order valence-electron chi connectivity index (χ4n) is 1.43. The highest BCUT2D eigenvalue weighted by Crippen LogP contribution is 2.16. The molecule has 0 spiro atoms. The van der Waals surface area contributed by atoms with E-state index in [1.807, 2.05) is 31.3 Å². The van der Waals surface area contributed by atoms with Crippen LogP contribution in [0, 0.1) is 0 Å². The molecule has 1 rings (SSSR count). The van der Waals surface area contributed by atoms with Gasteiger partial charge in [0.1, 0.15) is 0 Å². The molecule has 6 heteroatoms. The first kappa shape index (κ1) is 18.6. The van der Waals surface area contributed by atoms with Gasteiger partial charge in [-0.05, 0) is 37.7 Å². The number of rotatable bonds is 8. The van der Waals surface area contributed by atoms with Crippen molar-refractivity contribution in [2.24, 2.45) is 0 Å². The van der Waals surface area contributed by atoms with E-state index in [1.54, 1.807) is 11.8 Å². The van der Waals surface area contributed by atoms with Gasteiger partial charge in [0.05, 0.1) is 5.75 Å². The van der Waals surface area contributed by atoms with Crippen molar-refractivity contribution >= 4 is 41.7 Å². The van der Waals surface area contributed by atoms with Crippen LogP contribution in [-0.4, -0.2) is 31.8 Å². The summed E-state index contributed by atoms with van der Waals surface area (Å²) in [7, 11) is 1.91. The molecule has 0 fully saturated rings. The summed E-state index contributed by atoms with van der Waals surface area (Å²) in [5, 5.41) is 6.67. The first-order valence-corrected chi connectivity index (χ1v) is 7.49. The molecule has 19 heavy (non-hydrogen) atoms. The third-order valence-electron chi connectivity index (χ3n) is 2.32. The molecule has 3 nitrogen and oxygen atoms in total. The summed E-state index contributed by atoms with van der Waals surface area (Å²) in [6.07, 6.45) is 0.960. The number of thioether (sulfide) groups is 1. The maximum atomic E-state index is 11.5. The van der Waals surface area contributed by atoms with Gasteiger partial charge in [-0.15, -0.1) is 24.2 Å². The number of nitrogens with one attached hydrogen (secondary N) is 2. The van der Waals surface area contributed by atoms with Gasteiger partial charge in [-0.3, -0.25) is 4.79 Å². The molecule has 0 aliphatic carbocycles. The predicted molar refractivity (Wildman–Crippen MR) is 86.4 cm³/mol. The monoisotopic (exact) mass is 322 g/mol. The van der Waals surface area contributed by atoms with E-state index in [2.05, 4.69) is 10.6 Å². The largest absolute Gasteiger partial charge is 0.355 e. The Bertz CT molecular complexity index is 377. The Morgan fingerprint density at radius 2 is 2.16 bits per heavy atom. The Morgan fingerprint density at radius 3 is 2.84 bits per heavy atom. The molecule has 0 bridgehead atoms. The molecular weight excluding hydrogens is 303 g/mol. The van der Waals surface area contributed by atoms with Crippen LogP contribution in [0.4, 0.5) is 0 Å². The number of hydrogen-bond donors (Lipinski definition) is 2. The number of carbonyl (C=O) groups is 1. The molecule has 1 aromatic rings. The molecule has 0 atom stereocenters. The molecule has 0 radical (unpaired) electrons. The van der Waals surface area contributed by atoms with Crippen LogP contribution in [0.25, 0.3) is 0 Å². The first-order chi connectivity index (χ1) is 8.72. The molecule has 0 unspecified atom stereocenters. The first-order valence-electron chi connectivity index (χ1n) is 5.96. The van der Waals surface area contributed by atoms with Gasteiger partial charge in [0.15, 0.2) is 0 Å². The van der Waals surface area contributed by atoms with Gasteiger partial charge in [0.2, 0.25) is 5.91 Å². The molecule has 0 heterocycles. The molecule has 0 aromatic heterocycles. The molecule has 0 saturated carbocycles. The average molecular weight is 323 g/mol. The van der Waals surface area contributed by atoms with Crippen molar-refractivity contribution in [2.45, 2.75) is 12.2 Å². The fourth-order valence-corrected chi connectivity index (χ4v) is 2.45. The molecule has 0 aliphatic heterocycles. The second-order valence-electron chi connectivity index (χ2n) is 3.93. The standard InChI is InChI=1S/C13H19ClN2OS.ClH/c1-15-6-3-7-16-13(17)10-18-9-11-4-2-5-12(14)8-11;/h2,4-5,8,15H,3,6-7,9-10H2,1H3,(H,16,17);1H. The highest BCUT2D eigenvalue weighted by molar-refractivity contribution is 7.99. The highest BCUT2D eigenvalue weighted by Gasteiger charge is 2.01. The number of carbonyl (C=O) groups excluding carboxylic acids is 1. The van der Waals surface area contributed by atoms with E-state index >= 15 is 0 Å². The van der Waals surface area contributed by atoms with Crippen molar-refractivity contribution in [3.05, 3.63) is 34.9 Å². The maximum Gasteiger partial charge on any atom is 0.230 e. The predicted octanol–water partition coefficient (Wildman–Crippen LogP) is 2.72. The van der Waals surface area contributed by atoms with E-state index in [0.717, 1.165) is 35.8 Å². The Kier molecular flexibility index (Phi) is 11.2. The minimum absolute atomic E-state index is 0. The quantitative estimate of drug-likeness (QED) is 0.723. The zero-order chi connectivity index (χ0) is 13.2. The van der Waals surface area contributed by atoms with Crippen molar-refractivity contribution < 1.29 is 4.79 Å². The van der Waals surface area contributed by atoms with Crippen LogP contribution in [0.5, 0.6) is 0 Å². The second-order valence-corrected chi connectivity index (χ2v) is 5.35. The molecule has 2 N–H and O–H groups in total. The lowest BCUT2D eigenvalue weighted by molar-refractivity contribution is -0.118. The molecule has 1 amide bonds. The van der Waals surface area contributed by atoms with Gasteiger partial charge in [-0.25, -0.2) is 0 Å². The van der Waals surface area contributed by atoms with Gasteiger partial charge in [0.25, 0.3) is 0 Å². The van der Waals surface area contributed by atoms with Crippen molar-refractivity contribution in [3.8, 4) is 0 Å². The van der Waals surface area contributed by atoms with Gasteiger partial charge in [-0.2, -0.15) is 0 Å². The normalized spacial score (nSPS) is 9.79. The van der Waals surface area contributed by atoms with E-state index in [4.69, 9.17) is 11.6 Å². The van der Waals surface area contributed by atoms with Crippen LogP contribution in [0.15, 0.2) is 24.3 Å². The zero-order valence-corrected chi connectivity index (χ0v) is 13.3. The lowest BCUT2D eigenvalue weighted by Gasteiger charge is -2.05. The summed E-state index contributed by atoms with van der Waals surface area (Å²) < 4.78 is 0. The summed E-state index contributed by atoms with van der Waals surface area (Å²) in [5.41, 5.74) is 1.15. The summed E-state index contributed by atoms with van der Waals surface area (Å²) in [6.45, 7) is 1.66. The van der Waals surface area contributed by atoms with Gasteiger partial charge in [0, 0.05) is 17.3 Å². The Balaban J connectivity index is 0.00000324. The summed E-state index contributed by atoms with van der Waals surface area (Å²) in [6, 6.07) is 7.73. The van der Waals surface area contributed by atoms with E-state index in [9.17, 15) is 4.79 Å². The summed E-state index contributed by atoms with van der Waals surface area (Å²) in [4.78, 5) is 11.5. The SMILES string of the molecule is CNCCCNC(=O)CSCc1cccc(Cl)c1.Cl. The minimum Gasteiger partial charge on any atom is -0.355 e. The van der Waals surface area contributed by atoms with E-state index in [0.29, 0.717) is 5.75 Å². The van der Waals surface area contributed by atoms with Crippen LogP contribution in [-0.2, 0) is 10.5 Å². The summed E-state index contributed by atoms with van der Waals surface area (Å²) >= 11 is 7.49.